The lowest BCUT2D eigenvalue weighted by molar-refractivity contribution is -0.136. The highest BCUT2D eigenvalue weighted by Gasteiger charge is 2.34. The molecule has 1 aliphatic rings. The molecule has 0 aliphatic heterocycles. The Bertz CT molecular complexity index is 654. The SMILES string of the molecule is FC(F)(F)c1cc(C=CC2CC2)cn2c(Cl)cnc12. The molecule has 0 radical (unpaired) electrons. The van der Waals surface area contributed by atoms with E-state index in [-0.39, 0.29) is 10.8 Å². The van der Waals surface area contributed by atoms with Gasteiger partial charge in [-0.25, -0.2) is 4.98 Å². The quantitative estimate of drug-likeness (QED) is 0.798. The molecule has 0 bridgehead atoms. The molecule has 0 spiro atoms. The summed E-state index contributed by atoms with van der Waals surface area (Å²) in [4.78, 5) is 3.72. The average molecular weight is 287 g/mol. The maximum Gasteiger partial charge on any atom is 0.420 e. The maximum absolute atomic E-state index is 13.0. The lowest BCUT2D eigenvalue weighted by Crippen LogP contribution is -2.08. The number of hydrogen-bond donors (Lipinski definition) is 0. The second-order valence-electron chi connectivity index (χ2n) is 4.66. The van der Waals surface area contributed by atoms with Gasteiger partial charge < -0.3 is 0 Å². The van der Waals surface area contributed by atoms with Gasteiger partial charge in [0, 0.05) is 6.20 Å². The number of alkyl halides is 3. The first kappa shape index (κ1) is 12.5. The van der Waals surface area contributed by atoms with Crippen molar-refractivity contribution in [1.82, 2.24) is 9.38 Å². The molecule has 2 aromatic rings. The monoisotopic (exact) mass is 286 g/mol. The second-order valence-corrected chi connectivity index (χ2v) is 5.04. The molecule has 19 heavy (non-hydrogen) atoms. The molecule has 0 saturated heterocycles. The highest BCUT2D eigenvalue weighted by molar-refractivity contribution is 6.29. The molecule has 0 atom stereocenters. The molecule has 2 heterocycles. The number of rotatable bonds is 2. The van der Waals surface area contributed by atoms with Gasteiger partial charge in [0.25, 0.3) is 0 Å². The Morgan fingerprint density at radius 2 is 2.11 bits per heavy atom. The average Bonchev–Trinajstić information content (AvgIpc) is 3.10. The van der Waals surface area contributed by atoms with Gasteiger partial charge >= 0.3 is 6.18 Å². The summed E-state index contributed by atoms with van der Waals surface area (Å²) >= 11 is 5.85. The smallest absolute Gasteiger partial charge is 0.289 e. The molecule has 0 amide bonds. The number of allylic oxidation sites excluding steroid dienone is 1. The van der Waals surface area contributed by atoms with E-state index in [1.165, 1.54) is 10.6 Å². The summed E-state index contributed by atoms with van der Waals surface area (Å²) in [6.07, 6.45) is 4.21. The summed E-state index contributed by atoms with van der Waals surface area (Å²) in [6.45, 7) is 0. The minimum Gasteiger partial charge on any atom is -0.289 e. The molecule has 2 aromatic heterocycles. The zero-order valence-corrected chi connectivity index (χ0v) is 10.5. The third-order valence-electron chi connectivity index (χ3n) is 3.07. The standard InChI is InChI=1S/C13H10ClF3N2/c14-11-6-18-12-10(13(15,16)17)5-9(7-19(11)12)4-3-8-1-2-8/h3-8H,1-2H2. The Hall–Kier alpha value is -1.49. The lowest BCUT2D eigenvalue weighted by atomic mass is 10.1. The van der Waals surface area contributed by atoms with Crippen molar-refractivity contribution in [1.29, 1.82) is 0 Å². The third kappa shape index (κ3) is 2.47. The Morgan fingerprint density at radius 3 is 2.74 bits per heavy atom. The van der Waals surface area contributed by atoms with E-state index in [0.29, 0.717) is 11.5 Å². The summed E-state index contributed by atoms with van der Waals surface area (Å²) in [5, 5.41) is 0.169. The van der Waals surface area contributed by atoms with E-state index < -0.39 is 11.7 Å². The molecule has 0 aromatic carbocycles. The van der Waals surface area contributed by atoms with Crippen LogP contribution in [0.1, 0.15) is 24.0 Å². The zero-order valence-electron chi connectivity index (χ0n) is 9.78. The van der Waals surface area contributed by atoms with Crippen LogP contribution in [0.3, 0.4) is 0 Å². The summed E-state index contributed by atoms with van der Waals surface area (Å²) in [7, 11) is 0. The van der Waals surface area contributed by atoms with Crippen LogP contribution in [0.15, 0.2) is 24.5 Å². The van der Waals surface area contributed by atoms with Crippen LogP contribution < -0.4 is 0 Å². The molecule has 1 aliphatic carbocycles. The van der Waals surface area contributed by atoms with Crippen molar-refractivity contribution < 1.29 is 13.2 Å². The van der Waals surface area contributed by atoms with Gasteiger partial charge in [0.05, 0.1) is 11.8 Å². The van der Waals surface area contributed by atoms with Gasteiger partial charge in [0.1, 0.15) is 10.8 Å². The van der Waals surface area contributed by atoms with Crippen molar-refractivity contribution in [2.24, 2.45) is 5.92 Å². The number of aromatic nitrogens is 2. The van der Waals surface area contributed by atoms with E-state index in [1.807, 2.05) is 6.08 Å². The van der Waals surface area contributed by atoms with Crippen molar-refractivity contribution in [3.05, 3.63) is 40.8 Å². The molecule has 1 fully saturated rings. The molecular formula is C13H10ClF3N2. The normalized spacial score (nSPS) is 16.6. The number of halogens is 4. The first-order valence-corrected chi connectivity index (χ1v) is 6.25. The molecule has 1 saturated carbocycles. The molecule has 0 N–H and O–H groups in total. The van der Waals surface area contributed by atoms with E-state index in [0.717, 1.165) is 18.9 Å². The molecular weight excluding hydrogens is 277 g/mol. The topological polar surface area (TPSA) is 17.3 Å². The van der Waals surface area contributed by atoms with E-state index in [4.69, 9.17) is 11.6 Å². The molecule has 3 rings (SSSR count). The minimum atomic E-state index is -4.45. The highest BCUT2D eigenvalue weighted by Crippen LogP contribution is 2.35. The summed E-state index contributed by atoms with van der Waals surface area (Å²) in [6, 6.07) is 1.11. The van der Waals surface area contributed by atoms with Crippen molar-refractivity contribution in [2.45, 2.75) is 19.0 Å². The van der Waals surface area contributed by atoms with Crippen molar-refractivity contribution in [3.8, 4) is 0 Å². The van der Waals surface area contributed by atoms with Crippen molar-refractivity contribution in [2.75, 3.05) is 0 Å². The van der Waals surface area contributed by atoms with E-state index >= 15 is 0 Å². The van der Waals surface area contributed by atoms with Gasteiger partial charge in [-0.2, -0.15) is 13.2 Å². The van der Waals surface area contributed by atoms with Crippen LogP contribution in [0.2, 0.25) is 5.15 Å². The maximum atomic E-state index is 13.0. The Morgan fingerprint density at radius 1 is 1.37 bits per heavy atom. The number of hydrogen-bond acceptors (Lipinski definition) is 1. The predicted molar refractivity (Wildman–Crippen MR) is 67.0 cm³/mol. The summed E-state index contributed by atoms with van der Waals surface area (Å²) in [5.41, 5.74) is -0.454. The molecule has 0 unspecified atom stereocenters. The lowest BCUT2D eigenvalue weighted by Gasteiger charge is -2.09. The van der Waals surface area contributed by atoms with Crippen LogP contribution in [-0.4, -0.2) is 9.38 Å². The second kappa shape index (κ2) is 4.27. The fourth-order valence-corrected chi connectivity index (χ4v) is 2.09. The number of fused-ring (bicyclic) bond motifs is 1. The number of nitrogens with zero attached hydrogens (tertiary/aromatic N) is 2. The predicted octanol–water partition coefficient (Wildman–Crippen LogP) is 4.43. The first-order valence-electron chi connectivity index (χ1n) is 5.87. The molecule has 2 nitrogen and oxygen atoms in total. The molecule has 6 heteroatoms. The van der Waals surface area contributed by atoms with Gasteiger partial charge in [-0.15, -0.1) is 0 Å². The fourth-order valence-electron chi connectivity index (χ4n) is 1.92. The van der Waals surface area contributed by atoms with Crippen LogP contribution in [0.4, 0.5) is 13.2 Å². The van der Waals surface area contributed by atoms with Crippen LogP contribution in [-0.2, 0) is 6.18 Å². The van der Waals surface area contributed by atoms with E-state index in [9.17, 15) is 13.2 Å². The largest absolute Gasteiger partial charge is 0.420 e. The third-order valence-corrected chi connectivity index (χ3v) is 3.35. The van der Waals surface area contributed by atoms with Crippen LogP contribution in [0.25, 0.3) is 11.7 Å². The van der Waals surface area contributed by atoms with Gasteiger partial charge in [-0.1, -0.05) is 23.8 Å². The van der Waals surface area contributed by atoms with Gasteiger partial charge in [-0.3, -0.25) is 4.40 Å². The van der Waals surface area contributed by atoms with Crippen molar-refractivity contribution in [3.63, 3.8) is 0 Å². The van der Waals surface area contributed by atoms with Crippen LogP contribution in [0, 0.1) is 5.92 Å². The summed E-state index contributed by atoms with van der Waals surface area (Å²) in [5.74, 6) is 0.503. The fraction of sp³-hybridized carbons (Fsp3) is 0.308. The van der Waals surface area contributed by atoms with Crippen molar-refractivity contribution >= 4 is 23.3 Å². The summed E-state index contributed by atoms with van der Waals surface area (Å²) < 4.78 is 40.3. The van der Waals surface area contributed by atoms with E-state index in [2.05, 4.69) is 4.98 Å². The van der Waals surface area contributed by atoms with Gasteiger partial charge in [-0.05, 0) is 30.4 Å². The Kier molecular flexibility index (Phi) is 2.82. The highest BCUT2D eigenvalue weighted by atomic mass is 35.5. The first-order chi connectivity index (χ1) is 8.95. The van der Waals surface area contributed by atoms with Crippen LogP contribution in [0.5, 0.6) is 0 Å². The zero-order chi connectivity index (χ0) is 13.6. The number of pyridine rings is 1. The van der Waals surface area contributed by atoms with Gasteiger partial charge in [0.15, 0.2) is 0 Å². The van der Waals surface area contributed by atoms with E-state index in [1.54, 1.807) is 12.3 Å². The minimum absolute atomic E-state index is 0.166. The molecule has 100 valence electrons. The number of imidazole rings is 1. The Labute approximate surface area is 112 Å². The Balaban J connectivity index is 2.15. The van der Waals surface area contributed by atoms with Gasteiger partial charge in [0.2, 0.25) is 0 Å². The van der Waals surface area contributed by atoms with Crippen LogP contribution >= 0.6 is 11.6 Å².